The smallest absolute Gasteiger partial charge is 0.347 e. The maximum absolute atomic E-state index is 11.7. The van der Waals surface area contributed by atoms with Crippen LogP contribution in [0.2, 0.25) is 0 Å². The molecule has 0 saturated carbocycles. The van der Waals surface area contributed by atoms with E-state index in [1.165, 1.54) is 25.6 Å². The van der Waals surface area contributed by atoms with Crippen molar-refractivity contribution < 1.29 is 14.3 Å². The number of piperazine rings is 1. The quantitative estimate of drug-likeness (QED) is 0.781. The molecule has 2 saturated heterocycles. The number of nitrogens with zero attached hydrogens (tertiary/aromatic N) is 2. The third kappa shape index (κ3) is 4.68. The van der Waals surface area contributed by atoms with Crippen molar-refractivity contribution in [1.29, 1.82) is 0 Å². The third-order valence-corrected chi connectivity index (χ3v) is 5.45. The zero-order valence-electron chi connectivity index (χ0n) is 15.9. The molecule has 3 rings (SSSR count). The summed E-state index contributed by atoms with van der Waals surface area (Å²) in [6, 6.07) is 8.80. The monoisotopic (exact) mass is 361 g/mol. The minimum Gasteiger partial charge on any atom is -0.479 e. The van der Waals surface area contributed by atoms with Crippen LogP contribution in [0, 0.1) is 0 Å². The van der Waals surface area contributed by atoms with Crippen molar-refractivity contribution in [2.75, 3.05) is 51.3 Å². The normalized spacial score (nSPS) is 20.6. The molecule has 6 heteroatoms. The van der Waals surface area contributed by atoms with Crippen molar-refractivity contribution in [3.63, 3.8) is 0 Å². The number of esters is 1. The number of rotatable bonds is 6. The van der Waals surface area contributed by atoms with Gasteiger partial charge >= 0.3 is 5.97 Å². The zero-order chi connectivity index (χ0) is 18.4. The number of ether oxygens (including phenoxy) is 2. The summed E-state index contributed by atoms with van der Waals surface area (Å²) >= 11 is 0. The molecule has 1 N–H and O–H groups in total. The van der Waals surface area contributed by atoms with E-state index in [1.807, 2.05) is 19.1 Å². The van der Waals surface area contributed by atoms with Crippen molar-refractivity contribution in [3.05, 3.63) is 24.3 Å². The van der Waals surface area contributed by atoms with E-state index in [4.69, 9.17) is 9.47 Å². The van der Waals surface area contributed by atoms with Gasteiger partial charge in [0.05, 0.1) is 7.11 Å². The zero-order valence-corrected chi connectivity index (χ0v) is 15.9. The topological polar surface area (TPSA) is 54.0 Å². The Kier molecular flexibility index (Phi) is 6.74. The maximum atomic E-state index is 11.7. The van der Waals surface area contributed by atoms with E-state index >= 15 is 0 Å². The fourth-order valence-corrected chi connectivity index (χ4v) is 3.85. The molecule has 0 amide bonds. The largest absolute Gasteiger partial charge is 0.479 e. The lowest BCUT2D eigenvalue weighted by atomic mass is 10.0. The van der Waals surface area contributed by atoms with Crippen LogP contribution in [0.1, 0.15) is 26.2 Å². The summed E-state index contributed by atoms with van der Waals surface area (Å²) in [5.41, 5.74) is 1.22. The van der Waals surface area contributed by atoms with Crippen LogP contribution in [-0.4, -0.2) is 69.4 Å². The molecule has 0 spiro atoms. The van der Waals surface area contributed by atoms with E-state index in [1.54, 1.807) is 0 Å². The number of carbonyl (C=O) groups excluding carboxylic acids is 1. The second-order valence-corrected chi connectivity index (χ2v) is 7.04. The Morgan fingerprint density at radius 2 is 1.81 bits per heavy atom. The number of piperidine rings is 1. The van der Waals surface area contributed by atoms with Crippen LogP contribution in [0.25, 0.3) is 0 Å². The Morgan fingerprint density at radius 1 is 1.15 bits per heavy atom. The molecule has 6 nitrogen and oxygen atoms in total. The van der Waals surface area contributed by atoms with Crippen molar-refractivity contribution in [2.24, 2.45) is 0 Å². The van der Waals surface area contributed by atoms with Crippen LogP contribution in [0.5, 0.6) is 5.75 Å². The Balaban J connectivity index is 1.52. The maximum Gasteiger partial charge on any atom is 0.347 e. The highest BCUT2D eigenvalue weighted by molar-refractivity contribution is 5.74. The molecule has 2 fully saturated rings. The summed E-state index contributed by atoms with van der Waals surface area (Å²) in [6.07, 6.45) is 2.59. The molecule has 144 valence electrons. The predicted octanol–water partition coefficient (Wildman–Crippen LogP) is 1.89. The average Bonchev–Trinajstić information content (AvgIpc) is 2.72. The predicted molar refractivity (Wildman–Crippen MR) is 103 cm³/mol. The third-order valence-electron chi connectivity index (χ3n) is 5.45. The van der Waals surface area contributed by atoms with Crippen molar-refractivity contribution in [1.82, 2.24) is 10.2 Å². The SMILES string of the molecule is CCC(Oc1ccc(N2CCN(C3CCNCC3)CC2)cc1)C(=O)OC. The Labute approximate surface area is 156 Å². The molecule has 0 aliphatic carbocycles. The fraction of sp³-hybridized carbons (Fsp3) is 0.650. The Morgan fingerprint density at radius 3 is 2.38 bits per heavy atom. The van der Waals surface area contributed by atoms with Crippen LogP contribution in [0.15, 0.2) is 24.3 Å². The molecule has 2 aliphatic heterocycles. The van der Waals surface area contributed by atoms with E-state index < -0.39 is 6.10 Å². The van der Waals surface area contributed by atoms with Crippen molar-refractivity contribution in [3.8, 4) is 5.75 Å². The molecule has 1 atom stereocenters. The Hall–Kier alpha value is -1.79. The molecule has 1 aromatic carbocycles. The second-order valence-electron chi connectivity index (χ2n) is 7.04. The van der Waals surface area contributed by atoms with Crippen LogP contribution in [0.3, 0.4) is 0 Å². The van der Waals surface area contributed by atoms with Crippen LogP contribution in [-0.2, 0) is 9.53 Å². The standard InChI is InChI=1S/C20H31N3O3/c1-3-19(20(24)25-2)26-18-6-4-16(5-7-18)22-12-14-23(15-13-22)17-8-10-21-11-9-17/h4-7,17,19,21H,3,8-15H2,1-2H3. The van der Waals surface area contributed by atoms with Gasteiger partial charge in [-0.15, -0.1) is 0 Å². The molecule has 0 aromatic heterocycles. The number of methoxy groups -OCH3 is 1. The summed E-state index contributed by atoms with van der Waals surface area (Å²) in [5, 5.41) is 3.44. The number of benzene rings is 1. The summed E-state index contributed by atoms with van der Waals surface area (Å²) in [5.74, 6) is 0.380. The van der Waals surface area contributed by atoms with E-state index in [0.29, 0.717) is 12.2 Å². The van der Waals surface area contributed by atoms with Gasteiger partial charge in [0.2, 0.25) is 0 Å². The van der Waals surface area contributed by atoms with Crippen LogP contribution >= 0.6 is 0 Å². The highest BCUT2D eigenvalue weighted by atomic mass is 16.6. The van der Waals surface area contributed by atoms with Crippen LogP contribution in [0.4, 0.5) is 5.69 Å². The van der Waals surface area contributed by atoms with E-state index in [9.17, 15) is 4.79 Å². The first-order valence-corrected chi connectivity index (χ1v) is 9.75. The first-order valence-electron chi connectivity index (χ1n) is 9.75. The van der Waals surface area contributed by atoms with Gasteiger partial charge in [-0.05, 0) is 56.6 Å². The van der Waals surface area contributed by atoms with Crippen LogP contribution < -0.4 is 15.0 Å². The van der Waals surface area contributed by atoms with Gasteiger partial charge in [-0.1, -0.05) is 6.92 Å². The van der Waals surface area contributed by atoms with Gasteiger partial charge in [-0.2, -0.15) is 0 Å². The first-order chi connectivity index (χ1) is 12.7. The van der Waals surface area contributed by atoms with Crippen molar-refractivity contribution in [2.45, 2.75) is 38.3 Å². The van der Waals surface area contributed by atoms with E-state index in [0.717, 1.165) is 45.3 Å². The summed E-state index contributed by atoms with van der Waals surface area (Å²) < 4.78 is 10.5. The number of hydrogen-bond acceptors (Lipinski definition) is 6. The van der Waals surface area contributed by atoms with Gasteiger partial charge in [0, 0.05) is 37.9 Å². The molecule has 1 unspecified atom stereocenters. The Bertz CT molecular complexity index is 564. The van der Waals surface area contributed by atoms with Gasteiger partial charge in [-0.3, -0.25) is 4.90 Å². The summed E-state index contributed by atoms with van der Waals surface area (Å²) in [6.45, 7) is 8.59. The molecular formula is C20H31N3O3. The summed E-state index contributed by atoms with van der Waals surface area (Å²) in [7, 11) is 1.39. The van der Waals surface area contributed by atoms with Crippen molar-refractivity contribution >= 4 is 11.7 Å². The number of hydrogen-bond donors (Lipinski definition) is 1. The lowest BCUT2D eigenvalue weighted by Gasteiger charge is -2.41. The van der Waals surface area contributed by atoms with Gasteiger partial charge in [0.25, 0.3) is 0 Å². The lowest BCUT2D eigenvalue weighted by molar-refractivity contribution is -0.148. The van der Waals surface area contributed by atoms with E-state index in [-0.39, 0.29) is 5.97 Å². The molecule has 1 aromatic rings. The summed E-state index contributed by atoms with van der Waals surface area (Å²) in [4.78, 5) is 16.7. The molecule has 26 heavy (non-hydrogen) atoms. The molecule has 2 aliphatic rings. The lowest BCUT2D eigenvalue weighted by Crippen LogP contribution is -2.52. The molecule has 2 heterocycles. The minimum atomic E-state index is -0.542. The van der Waals surface area contributed by atoms with Gasteiger partial charge in [0.1, 0.15) is 5.75 Å². The van der Waals surface area contributed by atoms with Gasteiger partial charge < -0.3 is 19.7 Å². The fourth-order valence-electron chi connectivity index (χ4n) is 3.85. The molecular weight excluding hydrogens is 330 g/mol. The first kappa shape index (κ1) is 19.0. The number of nitrogens with one attached hydrogen (secondary N) is 1. The molecule has 0 bridgehead atoms. The highest BCUT2D eigenvalue weighted by Gasteiger charge is 2.25. The van der Waals surface area contributed by atoms with E-state index in [2.05, 4.69) is 27.2 Å². The second kappa shape index (κ2) is 9.24. The van der Waals surface area contributed by atoms with Gasteiger partial charge in [-0.25, -0.2) is 4.79 Å². The van der Waals surface area contributed by atoms with Gasteiger partial charge in [0.15, 0.2) is 6.10 Å². The molecule has 0 radical (unpaired) electrons. The number of anilines is 1. The average molecular weight is 361 g/mol. The number of carbonyl (C=O) groups is 1. The minimum absolute atomic E-state index is 0.328. The highest BCUT2D eigenvalue weighted by Crippen LogP contribution is 2.23.